The van der Waals surface area contributed by atoms with E-state index in [-0.39, 0.29) is 5.91 Å². The number of hydrogen-bond acceptors (Lipinski definition) is 2. The lowest BCUT2D eigenvalue weighted by molar-refractivity contribution is -0.113. The van der Waals surface area contributed by atoms with E-state index in [0.717, 1.165) is 11.3 Å². The summed E-state index contributed by atoms with van der Waals surface area (Å²) in [5.74, 6) is 0.384. The van der Waals surface area contributed by atoms with Gasteiger partial charge in [0.2, 0.25) is 0 Å². The molecule has 0 fully saturated rings. The Bertz CT molecular complexity index is 1060. The first-order valence-electron chi connectivity index (χ1n) is 8.34. The SMILES string of the molecule is O=C1/C(=C\c2ccc(Cl)cc2Cl)N=C(c2ccccc2)N1c1ccccc1. The number of aliphatic imine (C=N–C) groups is 1. The van der Waals surface area contributed by atoms with Gasteiger partial charge in [-0.15, -0.1) is 0 Å². The molecule has 1 amide bonds. The second kappa shape index (κ2) is 7.39. The Kier molecular flexibility index (Phi) is 4.80. The zero-order valence-corrected chi connectivity index (χ0v) is 15.7. The summed E-state index contributed by atoms with van der Waals surface area (Å²) < 4.78 is 0. The Labute approximate surface area is 167 Å². The van der Waals surface area contributed by atoms with Gasteiger partial charge in [0.05, 0.1) is 5.69 Å². The van der Waals surface area contributed by atoms with Crippen molar-refractivity contribution in [3.05, 3.63) is 106 Å². The van der Waals surface area contributed by atoms with E-state index in [4.69, 9.17) is 23.2 Å². The Morgan fingerprint density at radius 1 is 0.852 bits per heavy atom. The molecule has 0 bridgehead atoms. The molecule has 0 aromatic heterocycles. The molecule has 0 unspecified atom stereocenters. The van der Waals surface area contributed by atoms with Gasteiger partial charge in [-0.05, 0) is 35.9 Å². The Morgan fingerprint density at radius 3 is 2.19 bits per heavy atom. The molecular formula is C22H14Cl2N2O. The molecule has 3 nitrogen and oxygen atoms in total. The van der Waals surface area contributed by atoms with Gasteiger partial charge in [-0.2, -0.15) is 0 Å². The molecule has 3 aromatic rings. The summed E-state index contributed by atoms with van der Waals surface area (Å²) in [4.78, 5) is 19.4. The molecule has 4 rings (SSSR count). The maximum atomic E-state index is 13.1. The lowest BCUT2D eigenvalue weighted by Gasteiger charge is -2.18. The fraction of sp³-hybridized carbons (Fsp3) is 0. The second-order valence-electron chi connectivity index (χ2n) is 5.97. The van der Waals surface area contributed by atoms with Crippen molar-refractivity contribution in [2.75, 3.05) is 4.90 Å². The van der Waals surface area contributed by atoms with E-state index >= 15 is 0 Å². The highest BCUT2D eigenvalue weighted by molar-refractivity contribution is 6.36. The molecule has 3 aromatic carbocycles. The Morgan fingerprint density at radius 2 is 1.52 bits per heavy atom. The van der Waals surface area contributed by atoms with Crippen LogP contribution in [0.5, 0.6) is 0 Å². The van der Waals surface area contributed by atoms with E-state index in [2.05, 4.69) is 4.99 Å². The third-order valence-corrected chi connectivity index (χ3v) is 4.72. The van der Waals surface area contributed by atoms with Crippen LogP contribution in [0.4, 0.5) is 5.69 Å². The molecule has 132 valence electrons. The highest BCUT2D eigenvalue weighted by Crippen LogP contribution is 2.29. The van der Waals surface area contributed by atoms with Gasteiger partial charge in [0, 0.05) is 15.6 Å². The van der Waals surface area contributed by atoms with Gasteiger partial charge in [-0.3, -0.25) is 9.69 Å². The average Bonchev–Trinajstić information content (AvgIpc) is 3.02. The number of anilines is 1. The van der Waals surface area contributed by atoms with Crippen LogP contribution in [0.2, 0.25) is 10.0 Å². The van der Waals surface area contributed by atoms with Crippen molar-refractivity contribution in [2.45, 2.75) is 0 Å². The van der Waals surface area contributed by atoms with Gasteiger partial charge in [-0.25, -0.2) is 4.99 Å². The lowest BCUT2D eigenvalue weighted by atomic mass is 10.1. The number of rotatable bonds is 3. The number of carbonyl (C=O) groups is 1. The molecule has 1 aliphatic rings. The standard InChI is InChI=1S/C22H14Cl2N2O/c23-17-12-11-16(19(24)14-17)13-20-22(27)26(18-9-5-2-6-10-18)21(25-20)15-7-3-1-4-8-15/h1-14H/b20-13+. The number of nitrogens with zero attached hydrogens (tertiary/aromatic N) is 2. The van der Waals surface area contributed by atoms with E-state index in [0.29, 0.717) is 27.1 Å². The molecule has 0 saturated carbocycles. The number of halogens is 2. The number of amidine groups is 1. The molecule has 0 atom stereocenters. The van der Waals surface area contributed by atoms with Crippen LogP contribution in [0.25, 0.3) is 6.08 Å². The van der Waals surface area contributed by atoms with Gasteiger partial charge in [-0.1, -0.05) is 77.8 Å². The summed E-state index contributed by atoms with van der Waals surface area (Å²) in [5.41, 5.74) is 2.63. The summed E-state index contributed by atoms with van der Waals surface area (Å²) in [6.45, 7) is 0. The molecule has 27 heavy (non-hydrogen) atoms. The predicted octanol–water partition coefficient (Wildman–Crippen LogP) is 5.83. The van der Waals surface area contributed by atoms with E-state index in [9.17, 15) is 4.79 Å². The Balaban J connectivity index is 1.83. The molecule has 5 heteroatoms. The largest absolute Gasteiger partial charge is 0.282 e. The molecule has 1 heterocycles. The molecule has 1 aliphatic heterocycles. The van der Waals surface area contributed by atoms with Crippen LogP contribution in [0.1, 0.15) is 11.1 Å². The van der Waals surface area contributed by atoms with Crippen molar-refractivity contribution in [1.29, 1.82) is 0 Å². The third kappa shape index (κ3) is 3.52. The quantitative estimate of drug-likeness (QED) is 0.516. The summed E-state index contributed by atoms with van der Waals surface area (Å²) in [6.07, 6.45) is 1.69. The molecular weight excluding hydrogens is 379 g/mol. The minimum Gasteiger partial charge on any atom is -0.266 e. The molecule has 0 aliphatic carbocycles. The number of carbonyl (C=O) groups excluding carboxylic acids is 1. The van der Waals surface area contributed by atoms with Gasteiger partial charge in [0.1, 0.15) is 11.5 Å². The minimum atomic E-state index is -0.203. The van der Waals surface area contributed by atoms with Crippen LogP contribution in [0, 0.1) is 0 Å². The van der Waals surface area contributed by atoms with Gasteiger partial charge in [0.25, 0.3) is 5.91 Å². The lowest BCUT2D eigenvalue weighted by Crippen LogP contribution is -2.32. The van der Waals surface area contributed by atoms with E-state index in [1.165, 1.54) is 0 Å². The van der Waals surface area contributed by atoms with Crippen LogP contribution >= 0.6 is 23.2 Å². The van der Waals surface area contributed by atoms with Crippen molar-refractivity contribution in [3.63, 3.8) is 0 Å². The van der Waals surface area contributed by atoms with Crippen LogP contribution in [-0.4, -0.2) is 11.7 Å². The maximum absolute atomic E-state index is 13.1. The topological polar surface area (TPSA) is 32.7 Å². The Hall–Kier alpha value is -2.88. The highest BCUT2D eigenvalue weighted by atomic mass is 35.5. The normalized spacial score (nSPS) is 15.3. The molecule has 0 radical (unpaired) electrons. The van der Waals surface area contributed by atoms with Crippen molar-refractivity contribution >= 4 is 46.7 Å². The fourth-order valence-electron chi connectivity index (χ4n) is 2.88. The number of amides is 1. The predicted molar refractivity (Wildman–Crippen MR) is 111 cm³/mol. The zero-order chi connectivity index (χ0) is 18.8. The zero-order valence-electron chi connectivity index (χ0n) is 14.1. The molecule has 0 spiro atoms. The molecule has 0 N–H and O–H groups in total. The van der Waals surface area contributed by atoms with Crippen LogP contribution in [0.15, 0.2) is 89.6 Å². The van der Waals surface area contributed by atoms with Crippen LogP contribution in [0.3, 0.4) is 0 Å². The first kappa shape index (κ1) is 17.5. The van der Waals surface area contributed by atoms with Gasteiger partial charge < -0.3 is 0 Å². The smallest absolute Gasteiger partial charge is 0.266 e. The summed E-state index contributed by atoms with van der Waals surface area (Å²) in [7, 11) is 0. The third-order valence-electron chi connectivity index (χ3n) is 4.16. The average molecular weight is 393 g/mol. The van der Waals surface area contributed by atoms with Crippen molar-refractivity contribution in [3.8, 4) is 0 Å². The van der Waals surface area contributed by atoms with E-state index in [1.54, 1.807) is 29.2 Å². The number of benzene rings is 3. The summed E-state index contributed by atoms with van der Waals surface area (Å²) in [6, 6.07) is 24.2. The van der Waals surface area contributed by atoms with Crippen LogP contribution in [-0.2, 0) is 4.79 Å². The van der Waals surface area contributed by atoms with Crippen molar-refractivity contribution in [1.82, 2.24) is 0 Å². The molecule has 0 saturated heterocycles. The highest BCUT2D eigenvalue weighted by Gasteiger charge is 2.32. The number of para-hydroxylation sites is 1. The first-order valence-corrected chi connectivity index (χ1v) is 9.09. The monoisotopic (exact) mass is 392 g/mol. The first-order chi connectivity index (χ1) is 13.1. The second-order valence-corrected chi connectivity index (χ2v) is 6.82. The number of hydrogen-bond donors (Lipinski definition) is 0. The summed E-state index contributed by atoms with van der Waals surface area (Å²) >= 11 is 12.2. The van der Waals surface area contributed by atoms with Crippen LogP contribution < -0.4 is 4.90 Å². The minimum absolute atomic E-state index is 0.203. The van der Waals surface area contributed by atoms with E-state index in [1.807, 2.05) is 60.7 Å². The van der Waals surface area contributed by atoms with E-state index < -0.39 is 0 Å². The fourth-order valence-corrected chi connectivity index (χ4v) is 3.34. The van der Waals surface area contributed by atoms with Crippen molar-refractivity contribution in [2.24, 2.45) is 4.99 Å². The van der Waals surface area contributed by atoms with Gasteiger partial charge in [0.15, 0.2) is 0 Å². The van der Waals surface area contributed by atoms with Crippen molar-refractivity contribution < 1.29 is 4.79 Å². The summed E-state index contributed by atoms with van der Waals surface area (Å²) in [5, 5.41) is 1.01. The maximum Gasteiger partial charge on any atom is 0.282 e. The van der Waals surface area contributed by atoms with Gasteiger partial charge >= 0.3 is 0 Å².